The van der Waals surface area contributed by atoms with Crippen LogP contribution in [0.25, 0.3) is 55.0 Å². The Hall–Kier alpha value is -4.30. The number of anilines is 1. The number of rotatable bonds is 5. The van der Waals surface area contributed by atoms with Gasteiger partial charge in [-0.25, -0.2) is 4.98 Å². The highest BCUT2D eigenvalue weighted by molar-refractivity contribution is 7.13. The summed E-state index contributed by atoms with van der Waals surface area (Å²) in [7, 11) is 0. The number of hydrogen-bond donors (Lipinski definition) is 3. The molecule has 0 aliphatic heterocycles. The van der Waals surface area contributed by atoms with Crippen LogP contribution in [0.3, 0.4) is 0 Å². The molecule has 170 valence electrons. The summed E-state index contributed by atoms with van der Waals surface area (Å²) in [6.45, 7) is 0. The number of carbonyl (C=O) groups excluding carboxylic acids is 1. The Bertz CT molecular complexity index is 1710. The Kier molecular flexibility index (Phi) is 4.53. The van der Waals surface area contributed by atoms with Crippen LogP contribution >= 0.6 is 11.3 Å². The van der Waals surface area contributed by atoms with Crippen LogP contribution in [0.5, 0.6) is 0 Å². The molecule has 0 saturated heterocycles. The Morgan fingerprint density at radius 1 is 1.03 bits per heavy atom. The van der Waals surface area contributed by atoms with Gasteiger partial charge < -0.3 is 10.3 Å². The largest absolute Gasteiger partial charge is 0.353 e. The summed E-state index contributed by atoms with van der Waals surface area (Å²) in [4.78, 5) is 26.2. The second-order valence-corrected chi connectivity index (χ2v) is 9.77. The van der Waals surface area contributed by atoms with E-state index < -0.39 is 0 Å². The average molecular weight is 477 g/mol. The Labute approximate surface area is 204 Å². The molecular weight excluding hydrogens is 456 g/mol. The van der Waals surface area contributed by atoms with Gasteiger partial charge in [0.1, 0.15) is 11.2 Å². The average Bonchev–Trinajstić information content (AvgIpc) is 3.26. The topological polar surface area (TPSA) is 99.4 Å². The lowest BCUT2D eigenvalue weighted by molar-refractivity contribution is -0.117. The van der Waals surface area contributed by atoms with Crippen molar-refractivity contribution in [3.05, 3.63) is 72.4 Å². The zero-order valence-corrected chi connectivity index (χ0v) is 19.4. The Morgan fingerprint density at radius 3 is 2.83 bits per heavy atom. The van der Waals surface area contributed by atoms with E-state index in [1.165, 1.54) is 10.4 Å². The summed E-state index contributed by atoms with van der Waals surface area (Å²) in [5, 5.41) is 13.9. The second-order valence-electron chi connectivity index (χ2n) is 8.82. The fourth-order valence-corrected chi connectivity index (χ4v) is 5.18. The summed E-state index contributed by atoms with van der Waals surface area (Å²) < 4.78 is 0. The lowest BCUT2D eigenvalue weighted by atomic mass is 10.1. The van der Waals surface area contributed by atoms with Crippen LogP contribution in [-0.4, -0.2) is 31.1 Å². The predicted octanol–water partition coefficient (Wildman–Crippen LogP) is 6.25. The number of H-pyrrole nitrogens is 2. The van der Waals surface area contributed by atoms with Crippen molar-refractivity contribution in [1.82, 2.24) is 25.1 Å². The van der Waals surface area contributed by atoms with E-state index in [0.29, 0.717) is 5.69 Å². The molecule has 0 bridgehead atoms. The van der Waals surface area contributed by atoms with E-state index in [-0.39, 0.29) is 11.8 Å². The molecule has 6 aromatic rings. The fourth-order valence-electron chi connectivity index (χ4n) is 4.42. The summed E-state index contributed by atoms with van der Waals surface area (Å²) in [6, 6.07) is 18.5. The quantitative estimate of drug-likeness (QED) is 0.274. The number of amides is 1. The van der Waals surface area contributed by atoms with Crippen LogP contribution in [0.4, 0.5) is 5.69 Å². The molecule has 7 rings (SSSR count). The van der Waals surface area contributed by atoms with E-state index in [1.54, 1.807) is 23.7 Å². The number of fused-ring (bicyclic) bond motifs is 2. The number of nitrogens with one attached hydrogen (secondary N) is 3. The third-order valence-electron chi connectivity index (χ3n) is 6.36. The molecular formula is C27H20N6OS. The molecule has 0 spiro atoms. The second kappa shape index (κ2) is 7.89. The zero-order valence-electron chi connectivity index (χ0n) is 18.6. The maximum Gasteiger partial charge on any atom is 0.227 e. The number of nitrogens with zero attached hydrogens (tertiary/aromatic N) is 3. The molecule has 1 aliphatic rings. The van der Waals surface area contributed by atoms with Crippen LogP contribution in [0, 0.1) is 5.92 Å². The molecule has 1 saturated carbocycles. The Morgan fingerprint density at radius 2 is 1.97 bits per heavy atom. The molecule has 0 radical (unpaired) electrons. The van der Waals surface area contributed by atoms with Crippen molar-refractivity contribution in [3.8, 4) is 33.1 Å². The standard InChI is InChI=1S/C27H20N6OS/c34-27(15-6-7-15)29-17-11-16(13-28-14-17)20-8-9-22-25(31-20)26(33-32-22)23-12-19-18(24-5-2-10-35-24)3-1-4-21(19)30-23/h1-5,8-15,30H,6-7H2,(H,29,34)(H,32,33). The molecule has 1 fully saturated rings. The van der Waals surface area contributed by atoms with Crippen molar-refractivity contribution in [3.63, 3.8) is 0 Å². The highest BCUT2D eigenvalue weighted by Gasteiger charge is 2.29. The van der Waals surface area contributed by atoms with Crippen molar-refractivity contribution in [2.45, 2.75) is 12.8 Å². The van der Waals surface area contributed by atoms with Crippen LogP contribution < -0.4 is 5.32 Å². The number of aromatic amines is 2. The number of hydrogen-bond acceptors (Lipinski definition) is 5. The van der Waals surface area contributed by atoms with Crippen molar-refractivity contribution >= 4 is 44.9 Å². The monoisotopic (exact) mass is 476 g/mol. The minimum absolute atomic E-state index is 0.0604. The SMILES string of the molecule is O=C(Nc1cncc(-c2ccc3[nH]nc(-c4cc5c(-c6cccs6)cccc5[nH]4)c3n2)c1)C1CC1. The van der Waals surface area contributed by atoms with Gasteiger partial charge in [0, 0.05) is 39.0 Å². The van der Waals surface area contributed by atoms with Crippen molar-refractivity contribution in [1.29, 1.82) is 0 Å². The highest BCUT2D eigenvalue weighted by Crippen LogP contribution is 2.36. The molecule has 1 aliphatic carbocycles. The molecule has 8 heteroatoms. The molecule has 5 heterocycles. The first kappa shape index (κ1) is 20.1. The maximum absolute atomic E-state index is 12.2. The normalized spacial score (nSPS) is 13.5. The van der Waals surface area contributed by atoms with Crippen molar-refractivity contribution in [2.75, 3.05) is 5.32 Å². The number of pyridine rings is 2. The number of carbonyl (C=O) groups is 1. The van der Waals surface area contributed by atoms with Gasteiger partial charge in [0.2, 0.25) is 5.91 Å². The smallest absolute Gasteiger partial charge is 0.227 e. The molecule has 35 heavy (non-hydrogen) atoms. The molecule has 1 amide bonds. The molecule has 1 aromatic carbocycles. The van der Waals surface area contributed by atoms with E-state index in [1.807, 2.05) is 18.2 Å². The van der Waals surface area contributed by atoms with Crippen LogP contribution in [0.15, 0.2) is 72.4 Å². The maximum atomic E-state index is 12.2. The van der Waals surface area contributed by atoms with Crippen LogP contribution in [0.1, 0.15) is 12.8 Å². The van der Waals surface area contributed by atoms with Gasteiger partial charge in [-0.2, -0.15) is 5.10 Å². The Balaban J connectivity index is 1.29. The molecule has 7 nitrogen and oxygen atoms in total. The first-order chi connectivity index (χ1) is 17.2. The molecule has 5 aromatic heterocycles. The van der Waals surface area contributed by atoms with Crippen molar-refractivity contribution < 1.29 is 4.79 Å². The number of aromatic nitrogens is 5. The first-order valence-corrected chi connectivity index (χ1v) is 12.4. The third kappa shape index (κ3) is 3.59. The number of benzene rings is 1. The minimum atomic E-state index is 0.0604. The van der Waals surface area contributed by atoms with Crippen LogP contribution in [-0.2, 0) is 4.79 Å². The van der Waals surface area contributed by atoms with Gasteiger partial charge in [0.15, 0.2) is 0 Å². The van der Waals surface area contributed by atoms with Gasteiger partial charge in [-0.3, -0.25) is 14.9 Å². The molecule has 3 N–H and O–H groups in total. The first-order valence-electron chi connectivity index (χ1n) is 11.5. The van der Waals surface area contributed by atoms with E-state index in [0.717, 1.165) is 57.4 Å². The predicted molar refractivity (Wildman–Crippen MR) is 139 cm³/mol. The van der Waals surface area contributed by atoms with Gasteiger partial charge in [-0.1, -0.05) is 18.2 Å². The summed E-state index contributed by atoms with van der Waals surface area (Å²) >= 11 is 1.73. The lowest BCUT2D eigenvalue weighted by Crippen LogP contribution is -2.13. The van der Waals surface area contributed by atoms with E-state index in [4.69, 9.17) is 4.98 Å². The summed E-state index contributed by atoms with van der Waals surface area (Å²) in [6.07, 6.45) is 5.35. The van der Waals surface area contributed by atoms with Gasteiger partial charge in [-0.15, -0.1) is 11.3 Å². The van der Waals surface area contributed by atoms with E-state index >= 15 is 0 Å². The van der Waals surface area contributed by atoms with E-state index in [2.05, 4.69) is 67.3 Å². The zero-order chi connectivity index (χ0) is 23.4. The fraction of sp³-hybridized carbons (Fsp3) is 0.111. The summed E-state index contributed by atoms with van der Waals surface area (Å²) in [5.74, 6) is 0.198. The third-order valence-corrected chi connectivity index (χ3v) is 7.27. The van der Waals surface area contributed by atoms with Gasteiger partial charge in [0.05, 0.1) is 28.8 Å². The molecule has 0 atom stereocenters. The van der Waals surface area contributed by atoms with Gasteiger partial charge >= 0.3 is 0 Å². The number of thiophene rings is 1. The van der Waals surface area contributed by atoms with Crippen molar-refractivity contribution in [2.24, 2.45) is 5.92 Å². The van der Waals surface area contributed by atoms with Crippen LogP contribution in [0.2, 0.25) is 0 Å². The van der Waals surface area contributed by atoms with E-state index in [9.17, 15) is 4.79 Å². The molecule has 0 unspecified atom stereocenters. The minimum Gasteiger partial charge on any atom is -0.353 e. The van der Waals surface area contributed by atoms with Gasteiger partial charge in [-0.05, 0) is 54.6 Å². The lowest BCUT2D eigenvalue weighted by Gasteiger charge is -2.06. The summed E-state index contributed by atoms with van der Waals surface area (Å²) in [5.41, 5.74) is 7.85. The highest BCUT2D eigenvalue weighted by atomic mass is 32.1. The van der Waals surface area contributed by atoms with Gasteiger partial charge in [0.25, 0.3) is 0 Å².